The van der Waals surface area contributed by atoms with Gasteiger partial charge < -0.3 is 5.32 Å². The molecule has 2 rings (SSSR count). The van der Waals surface area contributed by atoms with E-state index in [1.807, 2.05) is 6.92 Å². The standard InChI is InChI=1S/C13H13ClFN3O2S/c1-2-16-13-12(4-3-7-17-13)21(19,20)18-11-8-9(15)5-6-10(11)14/h3-8,18H,2H2,1H3,(H,16,17). The molecule has 112 valence electrons. The summed E-state index contributed by atoms with van der Waals surface area (Å²) in [6.45, 7) is 2.34. The van der Waals surface area contributed by atoms with Gasteiger partial charge in [0.05, 0.1) is 10.7 Å². The third-order valence-corrected chi connectivity index (χ3v) is 4.30. The molecule has 0 saturated carbocycles. The lowest BCUT2D eigenvalue weighted by atomic mass is 10.3. The Labute approximate surface area is 127 Å². The molecule has 0 bridgehead atoms. The molecule has 5 nitrogen and oxygen atoms in total. The fourth-order valence-corrected chi connectivity index (χ4v) is 3.11. The highest BCUT2D eigenvalue weighted by molar-refractivity contribution is 7.92. The van der Waals surface area contributed by atoms with Gasteiger partial charge in [-0.1, -0.05) is 11.6 Å². The summed E-state index contributed by atoms with van der Waals surface area (Å²) < 4.78 is 40.2. The molecule has 0 aliphatic rings. The molecular weight excluding hydrogens is 317 g/mol. The number of pyridine rings is 1. The molecule has 0 fully saturated rings. The first-order valence-corrected chi connectivity index (χ1v) is 7.97. The minimum absolute atomic E-state index is 0.0250. The molecule has 1 aromatic carbocycles. The van der Waals surface area contributed by atoms with Crippen LogP contribution in [0.5, 0.6) is 0 Å². The Morgan fingerprint density at radius 1 is 1.33 bits per heavy atom. The highest BCUT2D eigenvalue weighted by atomic mass is 35.5. The van der Waals surface area contributed by atoms with Crippen molar-refractivity contribution < 1.29 is 12.8 Å². The molecule has 0 amide bonds. The van der Waals surface area contributed by atoms with Crippen molar-refractivity contribution in [3.63, 3.8) is 0 Å². The van der Waals surface area contributed by atoms with E-state index in [-0.39, 0.29) is 21.4 Å². The lowest BCUT2D eigenvalue weighted by Gasteiger charge is -2.12. The van der Waals surface area contributed by atoms with E-state index in [2.05, 4.69) is 15.0 Å². The second kappa shape index (κ2) is 6.28. The van der Waals surface area contributed by atoms with E-state index in [1.165, 1.54) is 24.4 Å². The Bertz CT molecular complexity index is 753. The quantitative estimate of drug-likeness (QED) is 0.884. The highest BCUT2D eigenvalue weighted by Crippen LogP contribution is 2.27. The number of benzene rings is 1. The van der Waals surface area contributed by atoms with Crippen LogP contribution in [0.4, 0.5) is 15.9 Å². The van der Waals surface area contributed by atoms with Crippen LogP contribution in [0.2, 0.25) is 5.02 Å². The van der Waals surface area contributed by atoms with Crippen molar-refractivity contribution in [1.82, 2.24) is 4.98 Å². The molecule has 2 N–H and O–H groups in total. The van der Waals surface area contributed by atoms with Gasteiger partial charge in [0.25, 0.3) is 10.0 Å². The molecule has 2 aromatic rings. The molecule has 1 heterocycles. The number of nitrogens with zero attached hydrogens (tertiary/aromatic N) is 1. The van der Waals surface area contributed by atoms with Crippen molar-refractivity contribution in [2.45, 2.75) is 11.8 Å². The first-order chi connectivity index (χ1) is 9.94. The Kier molecular flexibility index (Phi) is 4.64. The van der Waals surface area contributed by atoms with Crippen LogP contribution in [0, 0.1) is 5.82 Å². The maximum absolute atomic E-state index is 13.2. The zero-order valence-corrected chi connectivity index (χ0v) is 12.7. The predicted octanol–water partition coefficient (Wildman–Crippen LogP) is 3.11. The zero-order valence-electron chi connectivity index (χ0n) is 11.1. The summed E-state index contributed by atoms with van der Waals surface area (Å²) in [5.74, 6) is -0.366. The van der Waals surface area contributed by atoms with Gasteiger partial charge in [-0.2, -0.15) is 0 Å². The summed E-state index contributed by atoms with van der Waals surface area (Å²) in [6, 6.07) is 6.35. The molecule has 8 heteroatoms. The predicted molar refractivity (Wildman–Crippen MR) is 80.6 cm³/mol. The van der Waals surface area contributed by atoms with Crippen molar-refractivity contribution in [3.8, 4) is 0 Å². The molecule has 0 spiro atoms. The van der Waals surface area contributed by atoms with Crippen molar-refractivity contribution in [2.75, 3.05) is 16.6 Å². The summed E-state index contributed by atoms with van der Waals surface area (Å²) in [6.07, 6.45) is 1.48. The monoisotopic (exact) mass is 329 g/mol. The minimum atomic E-state index is -3.93. The zero-order chi connectivity index (χ0) is 15.5. The van der Waals surface area contributed by atoms with E-state index in [4.69, 9.17) is 11.6 Å². The maximum atomic E-state index is 13.2. The number of halogens is 2. The molecule has 0 atom stereocenters. The largest absolute Gasteiger partial charge is 0.369 e. The van der Waals surface area contributed by atoms with E-state index < -0.39 is 15.8 Å². The average molecular weight is 330 g/mol. The summed E-state index contributed by atoms with van der Waals surface area (Å²) in [7, 11) is -3.93. The molecule has 1 aromatic heterocycles. The molecule has 0 radical (unpaired) electrons. The van der Waals surface area contributed by atoms with Gasteiger partial charge in [-0.15, -0.1) is 0 Å². The third kappa shape index (κ3) is 3.62. The Balaban J connectivity index is 2.41. The van der Waals surface area contributed by atoms with Crippen LogP contribution in [-0.4, -0.2) is 19.9 Å². The van der Waals surface area contributed by atoms with Gasteiger partial charge in [-0.25, -0.2) is 17.8 Å². The van der Waals surface area contributed by atoms with Crippen LogP contribution in [0.3, 0.4) is 0 Å². The van der Waals surface area contributed by atoms with Crippen LogP contribution in [0.1, 0.15) is 6.92 Å². The highest BCUT2D eigenvalue weighted by Gasteiger charge is 2.20. The van der Waals surface area contributed by atoms with Crippen molar-refractivity contribution in [1.29, 1.82) is 0 Å². The normalized spacial score (nSPS) is 11.2. The second-order valence-corrected chi connectivity index (χ2v) is 6.17. The van der Waals surface area contributed by atoms with E-state index >= 15 is 0 Å². The van der Waals surface area contributed by atoms with Crippen molar-refractivity contribution >= 4 is 33.1 Å². The Morgan fingerprint density at radius 2 is 2.10 bits per heavy atom. The van der Waals surface area contributed by atoms with E-state index in [9.17, 15) is 12.8 Å². The maximum Gasteiger partial charge on any atom is 0.265 e. The number of hydrogen-bond donors (Lipinski definition) is 2. The Morgan fingerprint density at radius 3 is 2.81 bits per heavy atom. The summed E-state index contributed by atoms with van der Waals surface area (Å²) in [5, 5.41) is 2.96. The van der Waals surface area contributed by atoms with Crippen LogP contribution in [0.25, 0.3) is 0 Å². The molecule has 0 saturated heterocycles. The first-order valence-electron chi connectivity index (χ1n) is 6.11. The minimum Gasteiger partial charge on any atom is -0.369 e. The smallest absolute Gasteiger partial charge is 0.265 e. The number of nitrogens with one attached hydrogen (secondary N) is 2. The molecule has 21 heavy (non-hydrogen) atoms. The number of aromatic nitrogens is 1. The lowest BCUT2D eigenvalue weighted by Crippen LogP contribution is -2.16. The van der Waals surface area contributed by atoms with Crippen LogP contribution in [0.15, 0.2) is 41.4 Å². The number of anilines is 2. The van der Waals surface area contributed by atoms with Gasteiger partial charge >= 0.3 is 0 Å². The third-order valence-electron chi connectivity index (χ3n) is 2.58. The van der Waals surface area contributed by atoms with Crippen LogP contribution >= 0.6 is 11.6 Å². The van der Waals surface area contributed by atoms with Gasteiger partial charge in [0.1, 0.15) is 16.5 Å². The van der Waals surface area contributed by atoms with Gasteiger partial charge in [-0.05, 0) is 37.3 Å². The number of sulfonamides is 1. The fourth-order valence-electron chi connectivity index (χ4n) is 1.68. The molecular formula is C13H13ClFN3O2S. The van der Waals surface area contributed by atoms with Gasteiger partial charge in [0.2, 0.25) is 0 Å². The van der Waals surface area contributed by atoms with Crippen molar-refractivity contribution in [3.05, 3.63) is 47.4 Å². The number of rotatable bonds is 5. The average Bonchev–Trinajstić information content (AvgIpc) is 2.43. The second-order valence-electron chi connectivity index (χ2n) is 4.11. The van der Waals surface area contributed by atoms with E-state index in [0.29, 0.717) is 6.54 Å². The molecule has 0 aliphatic carbocycles. The first kappa shape index (κ1) is 15.5. The fraction of sp³-hybridized carbons (Fsp3) is 0.154. The van der Waals surface area contributed by atoms with E-state index in [0.717, 1.165) is 12.1 Å². The van der Waals surface area contributed by atoms with E-state index in [1.54, 1.807) is 0 Å². The summed E-state index contributed by atoms with van der Waals surface area (Å²) in [5.41, 5.74) is -0.0250. The Hall–Kier alpha value is -1.86. The van der Waals surface area contributed by atoms with Gasteiger partial charge in [-0.3, -0.25) is 4.72 Å². The summed E-state index contributed by atoms with van der Waals surface area (Å²) >= 11 is 5.87. The van der Waals surface area contributed by atoms with Crippen LogP contribution in [-0.2, 0) is 10.0 Å². The number of hydrogen-bond acceptors (Lipinski definition) is 4. The van der Waals surface area contributed by atoms with Gasteiger partial charge in [0, 0.05) is 12.7 Å². The topological polar surface area (TPSA) is 71.1 Å². The lowest BCUT2D eigenvalue weighted by molar-refractivity contribution is 0.601. The molecule has 0 aliphatic heterocycles. The van der Waals surface area contributed by atoms with Crippen molar-refractivity contribution in [2.24, 2.45) is 0 Å². The van der Waals surface area contributed by atoms with Gasteiger partial charge in [0.15, 0.2) is 0 Å². The summed E-state index contributed by atoms with van der Waals surface area (Å²) in [4.78, 5) is 3.94. The SMILES string of the molecule is CCNc1ncccc1S(=O)(=O)Nc1cc(F)ccc1Cl. The van der Waals surface area contributed by atoms with Crippen LogP contribution < -0.4 is 10.0 Å². The molecule has 0 unspecified atom stereocenters.